The highest BCUT2D eigenvalue weighted by Crippen LogP contribution is 2.38. The van der Waals surface area contributed by atoms with Crippen molar-refractivity contribution in [2.45, 2.75) is 69.9 Å². The number of hydrogen-bond acceptors (Lipinski definition) is 9. The number of nitrogens with two attached hydrogens (primary N) is 2. The molecule has 0 unspecified atom stereocenters. The highest BCUT2D eigenvalue weighted by molar-refractivity contribution is 6.13. The number of imide groups is 1. The maximum Gasteiger partial charge on any atom is 0.267 e. The average Bonchev–Trinajstić information content (AvgIpc) is 3.32. The minimum absolute atomic E-state index is 0.132. The van der Waals surface area contributed by atoms with Gasteiger partial charge in [-0.25, -0.2) is 4.39 Å². The number of benzene rings is 1. The number of amides is 4. The lowest BCUT2D eigenvalue weighted by molar-refractivity contribution is -0.136. The Morgan fingerprint density at radius 2 is 1.65 bits per heavy atom. The van der Waals surface area contributed by atoms with Crippen molar-refractivity contribution in [2.24, 2.45) is 17.4 Å². The quantitative estimate of drug-likeness (QED) is 0.186. The van der Waals surface area contributed by atoms with Gasteiger partial charge in [0.1, 0.15) is 11.9 Å². The fraction of sp³-hybridized carbons (Fsp3) is 0.543. The first-order chi connectivity index (χ1) is 23.1. The Balaban J connectivity index is 0.972. The third kappa shape index (κ3) is 7.20. The van der Waals surface area contributed by atoms with Gasteiger partial charge in [0.05, 0.1) is 22.8 Å². The van der Waals surface area contributed by atoms with E-state index < -0.39 is 23.7 Å². The molecule has 13 heteroatoms. The number of piperidine rings is 2. The Bertz CT molecular complexity index is 1520. The van der Waals surface area contributed by atoms with Gasteiger partial charge in [-0.2, -0.15) is 0 Å². The Labute approximate surface area is 281 Å². The molecule has 6 rings (SSSR count). The molecule has 1 aliphatic carbocycles. The number of fused-ring (bicyclic) bond motifs is 1. The predicted octanol–water partition coefficient (Wildman–Crippen LogP) is 1.98. The van der Waals surface area contributed by atoms with Crippen LogP contribution in [0, 0.1) is 11.7 Å². The molecule has 1 aromatic carbocycles. The lowest BCUT2D eigenvalue weighted by Crippen LogP contribution is -2.52. The molecule has 3 saturated heterocycles. The number of likely N-dealkylation sites (tertiary alicyclic amines) is 1. The number of hydrogen-bond donors (Lipinski definition) is 4. The van der Waals surface area contributed by atoms with Crippen LogP contribution in [0.15, 0.2) is 42.4 Å². The van der Waals surface area contributed by atoms with Crippen LogP contribution in [0.1, 0.15) is 73.7 Å². The number of carbonyl (C=O) groups excluding carboxylic acids is 4. The van der Waals surface area contributed by atoms with Crippen LogP contribution in [0.3, 0.4) is 0 Å². The van der Waals surface area contributed by atoms with Crippen LogP contribution in [-0.4, -0.2) is 96.2 Å². The van der Waals surface area contributed by atoms with Crippen LogP contribution in [0.4, 0.5) is 10.1 Å². The largest absolute Gasteiger partial charge is 0.394 e. The van der Waals surface area contributed by atoms with Crippen molar-refractivity contribution in [3.63, 3.8) is 0 Å². The van der Waals surface area contributed by atoms with Crippen LogP contribution in [0.25, 0.3) is 5.70 Å². The number of rotatable bonds is 8. The van der Waals surface area contributed by atoms with E-state index in [2.05, 4.69) is 27.0 Å². The summed E-state index contributed by atoms with van der Waals surface area (Å²) in [5.41, 5.74) is 13.9. The number of halogens is 1. The molecule has 1 saturated carbocycles. The van der Waals surface area contributed by atoms with Crippen molar-refractivity contribution in [3.8, 4) is 0 Å². The topological polar surface area (TPSA) is 157 Å². The van der Waals surface area contributed by atoms with Gasteiger partial charge in [0.15, 0.2) is 0 Å². The van der Waals surface area contributed by atoms with Crippen molar-refractivity contribution < 1.29 is 23.6 Å². The van der Waals surface area contributed by atoms with Gasteiger partial charge in [0.25, 0.3) is 11.8 Å². The van der Waals surface area contributed by atoms with E-state index in [1.54, 1.807) is 18.2 Å². The molecule has 6 N–H and O–H groups in total. The first kappa shape index (κ1) is 33.5. The standard InChI is InChI=1S/C35H47FN8O4/c1-22-25-19-27(36)30(20-26(25)35(48)44(22)29-8-10-32(45)40-34(29)47)42-17-15-41(16-18-42)21-23-11-13-43(14-12-23)31(38)9-7-28(37)33(46)39-24-5-3-2-4-6-24/h7,9,19-20,23-24,29H,1-6,8,10-18,21,37-38H2,(H,39,46)(H,40,45,47)/b28-7-,31-9+/t29-/m1/s1. The molecule has 12 nitrogen and oxygen atoms in total. The second kappa shape index (κ2) is 14.4. The zero-order chi connectivity index (χ0) is 33.9. The third-order valence-corrected chi connectivity index (χ3v) is 10.5. The molecule has 1 atom stereocenters. The normalized spacial score (nSPS) is 23.9. The lowest BCUT2D eigenvalue weighted by Gasteiger charge is -2.40. The first-order valence-corrected chi connectivity index (χ1v) is 17.2. The second-order valence-electron chi connectivity index (χ2n) is 13.7. The van der Waals surface area contributed by atoms with E-state index in [-0.39, 0.29) is 42.1 Å². The van der Waals surface area contributed by atoms with Crippen molar-refractivity contribution in [1.29, 1.82) is 0 Å². The molecule has 0 bridgehead atoms. The monoisotopic (exact) mass is 662 g/mol. The Kier molecular flexibility index (Phi) is 10.0. The van der Waals surface area contributed by atoms with Crippen LogP contribution in [0.2, 0.25) is 0 Å². The fourth-order valence-corrected chi connectivity index (χ4v) is 7.64. The summed E-state index contributed by atoms with van der Waals surface area (Å²) in [7, 11) is 0. The lowest BCUT2D eigenvalue weighted by atomic mass is 9.95. The molecule has 48 heavy (non-hydrogen) atoms. The van der Waals surface area contributed by atoms with Gasteiger partial charge in [-0.15, -0.1) is 0 Å². The van der Waals surface area contributed by atoms with E-state index in [0.29, 0.717) is 41.6 Å². The second-order valence-corrected chi connectivity index (χ2v) is 13.7. The maximum absolute atomic E-state index is 15.4. The Morgan fingerprint density at radius 3 is 2.33 bits per heavy atom. The van der Waals surface area contributed by atoms with Crippen LogP contribution < -0.4 is 27.0 Å². The molecule has 258 valence electrons. The van der Waals surface area contributed by atoms with E-state index in [0.717, 1.165) is 71.2 Å². The molecular formula is C35H47FN8O4. The van der Waals surface area contributed by atoms with E-state index in [9.17, 15) is 19.2 Å². The van der Waals surface area contributed by atoms with Crippen LogP contribution in [0.5, 0.6) is 0 Å². The van der Waals surface area contributed by atoms with Gasteiger partial charge < -0.3 is 26.6 Å². The minimum atomic E-state index is -0.843. The number of allylic oxidation sites excluding steroid dienone is 2. The van der Waals surface area contributed by atoms with E-state index in [4.69, 9.17) is 11.5 Å². The van der Waals surface area contributed by atoms with Crippen molar-refractivity contribution >= 4 is 35.0 Å². The van der Waals surface area contributed by atoms with Gasteiger partial charge >= 0.3 is 0 Å². The van der Waals surface area contributed by atoms with Crippen molar-refractivity contribution in [1.82, 2.24) is 25.3 Å². The summed E-state index contributed by atoms with van der Waals surface area (Å²) in [4.78, 5) is 57.7. The highest BCUT2D eigenvalue weighted by atomic mass is 19.1. The van der Waals surface area contributed by atoms with Gasteiger partial charge in [-0.05, 0) is 62.3 Å². The summed E-state index contributed by atoms with van der Waals surface area (Å²) < 4.78 is 15.4. The SMILES string of the molecule is C=C1c2cc(F)c(N3CCN(CC4CCN(/C(N)=C/C=C(\N)C(=O)NC5CCCCC5)CC4)CC3)cc2C(=O)N1[C@@H]1CCC(=O)NC1=O. The molecule has 5 aliphatic rings. The number of carbonyl (C=O) groups is 4. The Morgan fingerprint density at radius 1 is 0.938 bits per heavy atom. The molecule has 1 aromatic rings. The zero-order valence-corrected chi connectivity index (χ0v) is 27.5. The molecule has 4 heterocycles. The molecule has 4 fully saturated rings. The van der Waals surface area contributed by atoms with Gasteiger partial charge in [-0.3, -0.25) is 34.3 Å². The molecule has 4 amide bonds. The molecule has 0 spiro atoms. The van der Waals surface area contributed by atoms with E-state index >= 15 is 4.39 Å². The minimum Gasteiger partial charge on any atom is -0.394 e. The summed E-state index contributed by atoms with van der Waals surface area (Å²) in [6.07, 6.45) is 11.1. The number of piperazine rings is 1. The average molecular weight is 663 g/mol. The number of nitrogens with one attached hydrogen (secondary N) is 2. The summed E-state index contributed by atoms with van der Waals surface area (Å²) >= 11 is 0. The van der Waals surface area contributed by atoms with Gasteiger partial charge in [0.2, 0.25) is 11.8 Å². The predicted molar refractivity (Wildman–Crippen MR) is 180 cm³/mol. The van der Waals surface area contributed by atoms with E-state index in [1.165, 1.54) is 17.4 Å². The van der Waals surface area contributed by atoms with Crippen molar-refractivity contribution in [3.05, 3.63) is 59.3 Å². The summed E-state index contributed by atoms with van der Waals surface area (Å²) in [5.74, 6) is -0.849. The fourth-order valence-electron chi connectivity index (χ4n) is 7.64. The van der Waals surface area contributed by atoms with Crippen LogP contribution in [-0.2, 0) is 14.4 Å². The smallest absolute Gasteiger partial charge is 0.267 e. The molecule has 0 aromatic heterocycles. The third-order valence-electron chi connectivity index (χ3n) is 10.5. The number of nitrogens with zero attached hydrogens (tertiary/aromatic N) is 4. The summed E-state index contributed by atoms with van der Waals surface area (Å²) in [5, 5.41) is 5.31. The summed E-state index contributed by atoms with van der Waals surface area (Å²) in [6, 6.07) is 2.28. The van der Waals surface area contributed by atoms with Crippen molar-refractivity contribution in [2.75, 3.05) is 50.7 Å². The first-order valence-electron chi connectivity index (χ1n) is 17.2. The molecule has 4 aliphatic heterocycles. The maximum atomic E-state index is 15.4. The molecular weight excluding hydrogens is 615 g/mol. The highest BCUT2D eigenvalue weighted by Gasteiger charge is 2.42. The Hall–Kier alpha value is -4.39. The number of anilines is 1. The van der Waals surface area contributed by atoms with Gasteiger partial charge in [-0.1, -0.05) is 25.8 Å². The molecule has 0 radical (unpaired) electrons. The zero-order valence-electron chi connectivity index (χ0n) is 27.5. The van der Waals surface area contributed by atoms with Crippen LogP contribution >= 0.6 is 0 Å². The summed E-state index contributed by atoms with van der Waals surface area (Å²) in [6.45, 7) is 9.37. The van der Waals surface area contributed by atoms with E-state index in [1.807, 2.05) is 4.90 Å². The van der Waals surface area contributed by atoms with Gasteiger partial charge in [0, 0.05) is 69.5 Å².